The van der Waals surface area contributed by atoms with Crippen LogP contribution in [0.1, 0.15) is 24.0 Å². The minimum atomic E-state index is -0.821. The van der Waals surface area contributed by atoms with E-state index < -0.39 is 5.97 Å². The first-order chi connectivity index (χ1) is 7.56. The molecule has 0 aliphatic heterocycles. The van der Waals surface area contributed by atoms with Crippen molar-refractivity contribution in [3.8, 4) is 11.5 Å². The molecule has 1 aromatic carbocycles. The van der Waals surface area contributed by atoms with Crippen molar-refractivity contribution in [3.05, 3.63) is 23.3 Å². The molecular formula is C12H16O4. The van der Waals surface area contributed by atoms with E-state index in [-0.39, 0.29) is 12.2 Å². The Morgan fingerprint density at radius 3 is 2.69 bits per heavy atom. The van der Waals surface area contributed by atoms with Gasteiger partial charge >= 0.3 is 5.97 Å². The van der Waals surface area contributed by atoms with Crippen molar-refractivity contribution >= 4 is 5.97 Å². The van der Waals surface area contributed by atoms with Gasteiger partial charge in [-0.3, -0.25) is 4.79 Å². The van der Waals surface area contributed by atoms with Gasteiger partial charge in [0.2, 0.25) is 0 Å². The molecule has 88 valence electrons. The lowest BCUT2D eigenvalue weighted by Gasteiger charge is -2.11. The summed E-state index contributed by atoms with van der Waals surface area (Å²) in [7, 11) is 1.50. The largest absolute Gasteiger partial charge is 0.504 e. The summed E-state index contributed by atoms with van der Waals surface area (Å²) in [5.74, 6) is -0.237. The Morgan fingerprint density at radius 2 is 2.12 bits per heavy atom. The molecule has 0 bridgehead atoms. The van der Waals surface area contributed by atoms with E-state index in [0.29, 0.717) is 18.6 Å². The number of hydrogen-bond acceptors (Lipinski definition) is 3. The average Bonchev–Trinajstić information content (AvgIpc) is 2.22. The summed E-state index contributed by atoms with van der Waals surface area (Å²) in [6, 6.07) is 3.66. The minimum Gasteiger partial charge on any atom is -0.504 e. The lowest BCUT2D eigenvalue weighted by molar-refractivity contribution is -0.137. The van der Waals surface area contributed by atoms with Crippen LogP contribution in [0.15, 0.2) is 12.1 Å². The number of aliphatic carboxylic acids is 1. The Labute approximate surface area is 94.5 Å². The second kappa shape index (κ2) is 5.39. The number of benzene rings is 1. The number of carbonyl (C=O) groups is 1. The number of carboxylic acids is 1. The topological polar surface area (TPSA) is 66.8 Å². The van der Waals surface area contributed by atoms with E-state index in [1.807, 2.05) is 13.0 Å². The molecule has 1 aromatic rings. The van der Waals surface area contributed by atoms with Gasteiger partial charge in [0.15, 0.2) is 11.5 Å². The molecular weight excluding hydrogens is 208 g/mol. The Kier molecular flexibility index (Phi) is 4.17. The van der Waals surface area contributed by atoms with Gasteiger partial charge in [0.25, 0.3) is 0 Å². The maximum atomic E-state index is 10.4. The number of phenolic OH excluding ortho intramolecular Hbond substituents is 1. The van der Waals surface area contributed by atoms with E-state index >= 15 is 0 Å². The summed E-state index contributed by atoms with van der Waals surface area (Å²) in [5.41, 5.74) is 1.59. The molecule has 0 aromatic heterocycles. The van der Waals surface area contributed by atoms with Gasteiger partial charge in [-0.1, -0.05) is 12.1 Å². The molecule has 0 saturated heterocycles. The van der Waals surface area contributed by atoms with E-state index in [1.165, 1.54) is 7.11 Å². The normalized spacial score (nSPS) is 10.1. The van der Waals surface area contributed by atoms with E-state index in [4.69, 9.17) is 9.84 Å². The molecule has 2 N–H and O–H groups in total. The Balaban J connectivity index is 2.77. The maximum Gasteiger partial charge on any atom is 0.303 e. The van der Waals surface area contributed by atoms with Crippen molar-refractivity contribution in [2.24, 2.45) is 0 Å². The zero-order valence-corrected chi connectivity index (χ0v) is 9.49. The van der Waals surface area contributed by atoms with Crippen LogP contribution in [0.3, 0.4) is 0 Å². The number of aryl methyl sites for hydroxylation is 2. The molecule has 0 amide bonds. The standard InChI is InChI=1S/C12H16O4/c1-8-6-7-9(4-3-5-10(13)14)11(15)12(8)16-2/h6-7,15H,3-5H2,1-2H3,(H,13,14). The maximum absolute atomic E-state index is 10.4. The minimum absolute atomic E-state index is 0.107. The zero-order valence-electron chi connectivity index (χ0n) is 9.49. The van der Waals surface area contributed by atoms with Gasteiger partial charge in [-0.15, -0.1) is 0 Å². The highest BCUT2D eigenvalue weighted by Crippen LogP contribution is 2.33. The van der Waals surface area contributed by atoms with E-state index in [1.54, 1.807) is 6.07 Å². The zero-order chi connectivity index (χ0) is 12.1. The smallest absolute Gasteiger partial charge is 0.303 e. The number of aromatic hydroxyl groups is 1. The van der Waals surface area contributed by atoms with Crippen molar-refractivity contribution in [2.75, 3.05) is 7.11 Å². The number of ether oxygens (including phenoxy) is 1. The quantitative estimate of drug-likeness (QED) is 0.803. The molecule has 0 fully saturated rings. The van der Waals surface area contributed by atoms with Gasteiger partial charge in [0, 0.05) is 6.42 Å². The Hall–Kier alpha value is -1.71. The van der Waals surface area contributed by atoms with E-state index in [2.05, 4.69) is 0 Å². The fourth-order valence-corrected chi connectivity index (χ4v) is 1.60. The number of methoxy groups -OCH3 is 1. The third kappa shape index (κ3) is 2.89. The van der Waals surface area contributed by atoms with Gasteiger partial charge in [0.1, 0.15) is 0 Å². The summed E-state index contributed by atoms with van der Waals surface area (Å²) >= 11 is 0. The van der Waals surface area contributed by atoms with Crippen LogP contribution in [0.4, 0.5) is 0 Å². The second-order valence-electron chi connectivity index (χ2n) is 3.67. The average molecular weight is 224 g/mol. The predicted octanol–water partition coefficient (Wildman–Crippen LogP) is 2.12. The number of hydrogen-bond donors (Lipinski definition) is 2. The highest BCUT2D eigenvalue weighted by atomic mass is 16.5. The highest BCUT2D eigenvalue weighted by molar-refractivity contribution is 5.66. The van der Waals surface area contributed by atoms with Gasteiger partial charge < -0.3 is 14.9 Å². The third-order valence-corrected chi connectivity index (χ3v) is 2.45. The van der Waals surface area contributed by atoms with Crippen molar-refractivity contribution < 1.29 is 19.7 Å². The molecule has 0 spiro atoms. The van der Waals surface area contributed by atoms with Crippen LogP contribution < -0.4 is 4.74 Å². The summed E-state index contributed by atoms with van der Waals surface area (Å²) in [6.45, 7) is 1.85. The molecule has 0 aliphatic carbocycles. The lowest BCUT2D eigenvalue weighted by Crippen LogP contribution is -1.97. The van der Waals surface area contributed by atoms with Crippen LogP contribution in [-0.2, 0) is 11.2 Å². The molecule has 16 heavy (non-hydrogen) atoms. The first kappa shape index (κ1) is 12.4. The van der Waals surface area contributed by atoms with Crippen molar-refractivity contribution in [1.29, 1.82) is 0 Å². The molecule has 0 heterocycles. The molecule has 0 atom stereocenters. The van der Waals surface area contributed by atoms with Crippen molar-refractivity contribution in [1.82, 2.24) is 0 Å². The summed E-state index contributed by atoms with van der Waals surface area (Å²) < 4.78 is 5.08. The first-order valence-corrected chi connectivity index (χ1v) is 5.13. The SMILES string of the molecule is COc1c(C)ccc(CCCC(=O)O)c1O. The molecule has 0 unspecified atom stereocenters. The van der Waals surface area contributed by atoms with Gasteiger partial charge in [-0.25, -0.2) is 0 Å². The molecule has 4 nitrogen and oxygen atoms in total. The van der Waals surface area contributed by atoms with Gasteiger partial charge in [0.05, 0.1) is 7.11 Å². The van der Waals surface area contributed by atoms with Gasteiger partial charge in [-0.2, -0.15) is 0 Å². The predicted molar refractivity (Wildman–Crippen MR) is 60.0 cm³/mol. The Morgan fingerprint density at radius 1 is 1.44 bits per heavy atom. The summed E-state index contributed by atoms with van der Waals surface area (Å²) in [4.78, 5) is 10.4. The van der Waals surface area contributed by atoms with Crippen LogP contribution in [0.2, 0.25) is 0 Å². The van der Waals surface area contributed by atoms with Crippen LogP contribution in [0.5, 0.6) is 11.5 Å². The molecule has 1 rings (SSSR count). The molecule has 0 saturated carbocycles. The number of carboxylic acid groups (broad SMARTS) is 1. The number of phenols is 1. The Bertz CT molecular complexity index is 385. The van der Waals surface area contributed by atoms with Crippen LogP contribution in [0, 0.1) is 6.92 Å². The molecule has 4 heteroatoms. The van der Waals surface area contributed by atoms with Crippen LogP contribution >= 0.6 is 0 Å². The molecule has 0 aliphatic rings. The van der Waals surface area contributed by atoms with E-state index in [9.17, 15) is 9.90 Å². The fraction of sp³-hybridized carbons (Fsp3) is 0.417. The van der Waals surface area contributed by atoms with Gasteiger partial charge in [-0.05, 0) is 30.9 Å². The fourth-order valence-electron chi connectivity index (χ4n) is 1.60. The number of rotatable bonds is 5. The molecule has 0 radical (unpaired) electrons. The van der Waals surface area contributed by atoms with Crippen molar-refractivity contribution in [3.63, 3.8) is 0 Å². The summed E-state index contributed by atoms with van der Waals surface area (Å²) in [5, 5.41) is 18.4. The first-order valence-electron chi connectivity index (χ1n) is 5.13. The van der Waals surface area contributed by atoms with E-state index in [0.717, 1.165) is 11.1 Å². The second-order valence-corrected chi connectivity index (χ2v) is 3.67. The highest BCUT2D eigenvalue weighted by Gasteiger charge is 2.10. The third-order valence-electron chi connectivity index (χ3n) is 2.45. The van der Waals surface area contributed by atoms with Crippen LogP contribution in [0.25, 0.3) is 0 Å². The van der Waals surface area contributed by atoms with Crippen molar-refractivity contribution in [2.45, 2.75) is 26.2 Å². The summed E-state index contributed by atoms with van der Waals surface area (Å²) in [6.07, 6.45) is 1.15. The van der Waals surface area contributed by atoms with Crippen LogP contribution in [-0.4, -0.2) is 23.3 Å². The monoisotopic (exact) mass is 224 g/mol. The lowest BCUT2D eigenvalue weighted by atomic mass is 10.0.